The Morgan fingerprint density at radius 2 is 1.60 bits per heavy atom. The Balaban J connectivity index is 2.24. The summed E-state index contributed by atoms with van der Waals surface area (Å²) in [5.74, 6) is -0.942. The van der Waals surface area contributed by atoms with E-state index < -0.39 is 5.97 Å². The molecule has 0 unspecified atom stereocenters. The molecule has 0 saturated carbocycles. The quantitative estimate of drug-likeness (QED) is 0.656. The fourth-order valence-corrected chi connectivity index (χ4v) is 1.93. The van der Waals surface area contributed by atoms with E-state index in [1.165, 1.54) is 0 Å². The third kappa shape index (κ3) is 4.21. The van der Waals surface area contributed by atoms with Crippen molar-refractivity contribution in [1.29, 1.82) is 0 Å². The molecule has 0 bridgehead atoms. The first kappa shape index (κ1) is 14.3. The molecule has 2 nitrogen and oxygen atoms in total. The standard InChI is InChI=1S/C17H13BrO2/c18-16-10-7-13(8-11-16)6-9-15(17(19)20)12-14-4-2-1-3-5-14/h1-12H,(H,19,20)/b9-6+,15-12?. The van der Waals surface area contributed by atoms with Gasteiger partial charge in [-0.2, -0.15) is 0 Å². The lowest BCUT2D eigenvalue weighted by molar-refractivity contribution is -0.132. The molecule has 0 radical (unpaired) electrons. The first-order chi connectivity index (χ1) is 9.65. The summed E-state index contributed by atoms with van der Waals surface area (Å²) in [6, 6.07) is 17.1. The zero-order valence-electron chi connectivity index (χ0n) is 10.7. The molecule has 2 aromatic rings. The number of rotatable bonds is 4. The molecule has 0 aromatic heterocycles. The molecule has 0 amide bonds. The van der Waals surface area contributed by atoms with Crippen LogP contribution in [0.15, 0.2) is 70.7 Å². The lowest BCUT2D eigenvalue weighted by Crippen LogP contribution is -1.97. The van der Waals surface area contributed by atoms with Crippen molar-refractivity contribution in [2.75, 3.05) is 0 Å². The Kier molecular flexibility index (Phi) is 4.91. The number of hydrogen-bond donors (Lipinski definition) is 1. The van der Waals surface area contributed by atoms with Crippen LogP contribution >= 0.6 is 15.9 Å². The van der Waals surface area contributed by atoms with Gasteiger partial charge in [0.25, 0.3) is 0 Å². The zero-order valence-corrected chi connectivity index (χ0v) is 12.2. The molecule has 20 heavy (non-hydrogen) atoms. The van der Waals surface area contributed by atoms with Crippen LogP contribution in [-0.2, 0) is 4.79 Å². The normalized spacial score (nSPS) is 11.8. The van der Waals surface area contributed by atoms with Gasteiger partial charge in [-0.15, -0.1) is 0 Å². The van der Waals surface area contributed by atoms with Gasteiger partial charge in [0.2, 0.25) is 0 Å². The number of hydrogen-bond acceptors (Lipinski definition) is 1. The van der Waals surface area contributed by atoms with Gasteiger partial charge in [-0.25, -0.2) is 4.79 Å². The monoisotopic (exact) mass is 328 g/mol. The maximum absolute atomic E-state index is 11.3. The second-order valence-electron chi connectivity index (χ2n) is 4.20. The van der Waals surface area contributed by atoms with Crippen LogP contribution in [0.2, 0.25) is 0 Å². The van der Waals surface area contributed by atoms with Crippen molar-refractivity contribution in [3.8, 4) is 0 Å². The van der Waals surface area contributed by atoms with E-state index in [0.29, 0.717) is 0 Å². The third-order valence-corrected chi connectivity index (χ3v) is 3.22. The number of carboxylic acid groups (broad SMARTS) is 1. The van der Waals surface area contributed by atoms with Gasteiger partial charge in [-0.1, -0.05) is 64.5 Å². The van der Waals surface area contributed by atoms with Crippen LogP contribution < -0.4 is 0 Å². The van der Waals surface area contributed by atoms with Crippen molar-refractivity contribution in [2.24, 2.45) is 0 Å². The minimum Gasteiger partial charge on any atom is -0.478 e. The van der Waals surface area contributed by atoms with Gasteiger partial charge in [-0.3, -0.25) is 0 Å². The fraction of sp³-hybridized carbons (Fsp3) is 0. The van der Waals surface area contributed by atoms with Crippen molar-refractivity contribution >= 4 is 34.1 Å². The van der Waals surface area contributed by atoms with E-state index in [1.807, 2.05) is 54.6 Å². The van der Waals surface area contributed by atoms with E-state index in [0.717, 1.165) is 15.6 Å². The second-order valence-corrected chi connectivity index (χ2v) is 5.12. The molecule has 0 aliphatic carbocycles. The fourth-order valence-electron chi connectivity index (χ4n) is 1.67. The van der Waals surface area contributed by atoms with Gasteiger partial charge in [0.05, 0.1) is 5.57 Å². The first-order valence-electron chi connectivity index (χ1n) is 6.09. The van der Waals surface area contributed by atoms with E-state index >= 15 is 0 Å². The summed E-state index contributed by atoms with van der Waals surface area (Å²) in [6.07, 6.45) is 5.05. The van der Waals surface area contributed by atoms with Gasteiger partial charge in [0, 0.05) is 4.47 Å². The first-order valence-corrected chi connectivity index (χ1v) is 6.88. The van der Waals surface area contributed by atoms with Crippen molar-refractivity contribution in [1.82, 2.24) is 0 Å². The number of aliphatic carboxylic acids is 1. The lowest BCUT2D eigenvalue weighted by atomic mass is 10.1. The molecular weight excluding hydrogens is 316 g/mol. The van der Waals surface area contributed by atoms with E-state index in [1.54, 1.807) is 18.2 Å². The van der Waals surface area contributed by atoms with E-state index in [-0.39, 0.29) is 5.57 Å². The van der Waals surface area contributed by atoms with Gasteiger partial charge in [0.1, 0.15) is 0 Å². The zero-order chi connectivity index (χ0) is 14.4. The summed E-state index contributed by atoms with van der Waals surface area (Å²) in [5.41, 5.74) is 2.07. The Hall–Kier alpha value is -2.13. The molecule has 2 aromatic carbocycles. The van der Waals surface area contributed by atoms with Crippen LogP contribution in [0.25, 0.3) is 12.2 Å². The van der Waals surface area contributed by atoms with Crippen molar-refractivity contribution < 1.29 is 9.90 Å². The van der Waals surface area contributed by atoms with Gasteiger partial charge < -0.3 is 5.11 Å². The molecule has 100 valence electrons. The highest BCUT2D eigenvalue weighted by Gasteiger charge is 2.03. The van der Waals surface area contributed by atoms with E-state index in [2.05, 4.69) is 15.9 Å². The molecule has 0 aliphatic heterocycles. The topological polar surface area (TPSA) is 37.3 Å². The minimum absolute atomic E-state index is 0.249. The molecule has 0 heterocycles. The highest BCUT2D eigenvalue weighted by molar-refractivity contribution is 9.10. The minimum atomic E-state index is -0.942. The van der Waals surface area contributed by atoms with Crippen molar-refractivity contribution in [2.45, 2.75) is 0 Å². The number of halogens is 1. The van der Waals surface area contributed by atoms with Crippen molar-refractivity contribution in [3.63, 3.8) is 0 Å². The van der Waals surface area contributed by atoms with E-state index in [9.17, 15) is 9.90 Å². The Labute approximate surface area is 126 Å². The summed E-state index contributed by atoms with van der Waals surface area (Å²) in [6.45, 7) is 0. The average molecular weight is 329 g/mol. The Bertz CT molecular complexity index is 640. The van der Waals surface area contributed by atoms with E-state index in [4.69, 9.17) is 0 Å². The Morgan fingerprint density at radius 1 is 0.950 bits per heavy atom. The summed E-state index contributed by atoms with van der Waals surface area (Å²) in [4.78, 5) is 11.3. The molecule has 0 atom stereocenters. The summed E-state index contributed by atoms with van der Waals surface area (Å²) in [7, 11) is 0. The maximum atomic E-state index is 11.3. The molecule has 0 aliphatic rings. The molecule has 0 saturated heterocycles. The largest absolute Gasteiger partial charge is 0.478 e. The molecular formula is C17H13BrO2. The molecule has 3 heteroatoms. The highest BCUT2D eigenvalue weighted by Crippen LogP contribution is 2.14. The van der Waals surface area contributed by atoms with Crippen molar-refractivity contribution in [3.05, 3.63) is 81.8 Å². The highest BCUT2D eigenvalue weighted by atomic mass is 79.9. The van der Waals surface area contributed by atoms with Gasteiger partial charge in [-0.05, 0) is 35.4 Å². The van der Waals surface area contributed by atoms with Crippen LogP contribution in [0.4, 0.5) is 0 Å². The third-order valence-electron chi connectivity index (χ3n) is 2.69. The van der Waals surface area contributed by atoms with Crippen LogP contribution in [0.3, 0.4) is 0 Å². The summed E-state index contributed by atoms with van der Waals surface area (Å²) < 4.78 is 0.993. The smallest absolute Gasteiger partial charge is 0.335 e. The van der Waals surface area contributed by atoms with Gasteiger partial charge >= 0.3 is 5.97 Å². The number of benzene rings is 2. The maximum Gasteiger partial charge on any atom is 0.335 e. The van der Waals surface area contributed by atoms with Gasteiger partial charge in [0.15, 0.2) is 0 Å². The predicted octanol–water partition coefficient (Wildman–Crippen LogP) is 4.63. The number of carbonyl (C=O) groups is 1. The van der Waals surface area contributed by atoms with Crippen LogP contribution in [0.5, 0.6) is 0 Å². The Morgan fingerprint density at radius 3 is 2.20 bits per heavy atom. The summed E-state index contributed by atoms with van der Waals surface area (Å²) in [5, 5.41) is 9.23. The van der Waals surface area contributed by atoms with Crippen LogP contribution in [-0.4, -0.2) is 11.1 Å². The second kappa shape index (κ2) is 6.87. The lowest BCUT2D eigenvalue weighted by Gasteiger charge is -1.98. The molecule has 0 spiro atoms. The van der Waals surface area contributed by atoms with Crippen LogP contribution in [0, 0.1) is 0 Å². The number of carboxylic acids is 1. The SMILES string of the molecule is O=C(O)C(=Cc1ccccc1)/C=C/c1ccc(Br)cc1. The predicted molar refractivity (Wildman–Crippen MR) is 85.2 cm³/mol. The average Bonchev–Trinajstić information content (AvgIpc) is 2.46. The summed E-state index contributed by atoms with van der Waals surface area (Å²) >= 11 is 3.36. The molecule has 0 fully saturated rings. The molecule has 2 rings (SSSR count). The van der Waals surface area contributed by atoms with Crippen LogP contribution in [0.1, 0.15) is 11.1 Å². The molecule has 1 N–H and O–H groups in total.